The third-order valence-electron chi connectivity index (χ3n) is 8.48. The van der Waals surface area contributed by atoms with Gasteiger partial charge in [-0.15, -0.1) is 0 Å². The number of carbonyl (C=O) groups is 1. The van der Waals surface area contributed by atoms with Crippen molar-refractivity contribution in [1.82, 2.24) is 0 Å². The predicted octanol–water partition coefficient (Wildman–Crippen LogP) is 4.42. The van der Waals surface area contributed by atoms with Crippen molar-refractivity contribution in [3.63, 3.8) is 0 Å². The lowest BCUT2D eigenvalue weighted by Gasteiger charge is -2.61. The summed E-state index contributed by atoms with van der Waals surface area (Å²) in [5.41, 5.74) is -0.880. The molecule has 0 aromatic carbocycles. The molecule has 0 radical (unpaired) electrons. The number of fused-ring (bicyclic) bond motifs is 5. The molecule has 0 heterocycles. The number of carbonyl (C=O) groups excluding carboxylic acids is 1. The predicted molar refractivity (Wildman–Crippen MR) is 102 cm³/mol. The van der Waals surface area contributed by atoms with Gasteiger partial charge in [-0.1, -0.05) is 13.8 Å². The number of ketones is 1. The highest BCUT2D eigenvalue weighted by Crippen LogP contribution is 2.67. The summed E-state index contributed by atoms with van der Waals surface area (Å²) < 4.78 is 79.6. The van der Waals surface area contributed by atoms with Gasteiger partial charge in [-0.25, -0.2) is 4.18 Å². The Hall–Kier alpha value is -0.460. The molecule has 5 nitrogen and oxygen atoms in total. The van der Waals surface area contributed by atoms with Gasteiger partial charge in [0.2, 0.25) is 0 Å². The standard InChI is InChI=1S/C21H34O5S/c1-13(22)17-6-7-18-16-5-4-14-12-15(26-27(23,24)25)8-10-20(14,2)19(16)9-11-21(17,18)3/h14-19H,4-12H2,1-3H3,(H,23,24,25)/t14-,15-,16-,17+,18-,19-,20-,21+/m0/s1/i8D2,12D2,15D. The van der Waals surface area contributed by atoms with E-state index in [1.807, 2.05) is 6.92 Å². The summed E-state index contributed by atoms with van der Waals surface area (Å²) in [5, 5.41) is 0. The van der Waals surface area contributed by atoms with Crippen molar-refractivity contribution in [1.29, 1.82) is 0 Å². The van der Waals surface area contributed by atoms with E-state index in [1.54, 1.807) is 6.92 Å². The third-order valence-corrected chi connectivity index (χ3v) is 8.86. The first-order valence-corrected chi connectivity index (χ1v) is 11.5. The molecule has 0 unspecified atom stereocenters. The fraction of sp³-hybridized carbons (Fsp3) is 0.952. The molecular formula is C21H34O5S. The average molecular weight is 404 g/mol. The lowest BCUT2D eigenvalue weighted by molar-refractivity contribution is -0.137. The minimum atomic E-state index is -5.24. The molecule has 8 atom stereocenters. The lowest BCUT2D eigenvalue weighted by atomic mass is 9.44. The van der Waals surface area contributed by atoms with Crippen LogP contribution >= 0.6 is 0 Å². The second kappa shape index (κ2) is 6.53. The van der Waals surface area contributed by atoms with Gasteiger partial charge in [0.15, 0.2) is 0 Å². The molecule has 0 spiro atoms. The van der Waals surface area contributed by atoms with Gasteiger partial charge >= 0.3 is 10.4 Å². The SMILES string of the molecule is [2H]C1([2H])C[C@]2(C)[C@H]3CC[C@]4(C)[C@@H](C(C)=O)CC[C@H]4[C@@H]3CC[C@H]2C([2H])([2H])[C@@]1([2H])OS(=O)(=O)O. The van der Waals surface area contributed by atoms with Crippen LogP contribution in [0.2, 0.25) is 0 Å². The van der Waals surface area contributed by atoms with Gasteiger partial charge in [0.05, 0.1) is 7.45 Å². The van der Waals surface area contributed by atoms with E-state index in [0.717, 1.165) is 25.7 Å². The van der Waals surface area contributed by atoms with Crippen LogP contribution in [0, 0.1) is 40.4 Å². The van der Waals surface area contributed by atoms with Gasteiger partial charge in [0.1, 0.15) is 5.78 Å². The maximum absolute atomic E-state index is 12.3. The van der Waals surface area contributed by atoms with Crippen LogP contribution in [-0.4, -0.2) is 24.8 Å². The quantitative estimate of drug-likeness (QED) is 0.705. The fourth-order valence-corrected chi connectivity index (χ4v) is 7.57. The average Bonchev–Trinajstić information content (AvgIpc) is 2.96. The van der Waals surface area contributed by atoms with Gasteiger partial charge in [-0.3, -0.25) is 9.35 Å². The van der Waals surface area contributed by atoms with Crippen LogP contribution in [0.3, 0.4) is 0 Å². The molecule has 27 heavy (non-hydrogen) atoms. The molecule has 0 bridgehead atoms. The molecule has 4 rings (SSSR count). The Morgan fingerprint density at radius 1 is 1.11 bits per heavy atom. The zero-order valence-corrected chi connectivity index (χ0v) is 17.1. The summed E-state index contributed by atoms with van der Waals surface area (Å²) in [7, 11) is -5.24. The van der Waals surface area contributed by atoms with E-state index in [1.165, 1.54) is 0 Å². The van der Waals surface area contributed by atoms with E-state index in [-0.39, 0.29) is 35.4 Å². The van der Waals surface area contributed by atoms with E-state index in [0.29, 0.717) is 18.8 Å². The Labute approximate surface area is 170 Å². The minimum Gasteiger partial charge on any atom is -0.300 e. The van der Waals surface area contributed by atoms with Crippen molar-refractivity contribution in [2.75, 3.05) is 0 Å². The van der Waals surface area contributed by atoms with Crippen molar-refractivity contribution in [3.05, 3.63) is 0 Å². The summed E-state index contributed by atoms with van der Waals surface area (Å²) in [6.45, 7) is 5.75. The molecule has 154 valence electrons. The summed E-state index contributed by atoms with van der Waals surface area (Å²) in [4.78, 5) is 12.3. The monoisotopic (exact) mass is 403 g/mol. The Bertz CT molecular complexity index is 926. The Morgan fingerprint density at radius 2 is 1.81 bits per heavy atom. The third kappa shape index (κ3) is 3.20. The van der Waals surface area contributed by atoms with E-state index < -0.39 is 40.6 Å². The maximum Gasteiger partial charge on any atom is 0.397 e. The van der Waals surface area contributed by atoms with E-state index in [9.17, 15) is 17.8 Å². The van der Waals surface area contributed by atoms with Crippen molar-refractivity contribution < 1.29 is 28.8 Å². The largest absolute Gasteiger partial charge is 0.397 e. The lowest BCUT2D eigenvalue weighted by Crippen LogP contribution is -2.54. The Balaban J connectivity index is 1.73. The van der Waals surface area contributed by atoms with Gasteiger partial charge in [-0.05, 0) is 99.1 Å². The smallest absolute Gasteiger partial charge is 0.300 e. The number of Topliss-reactive ketones (excluding diaryl/α,β-unsaturated/α-hetero) is 1. The van der Waals surface area contributed by atoms with Crippen molar-refractivity contribution in [2.45, 2.75) is 84.5 Å². The molecule has 6 heteroatoms. The van der Waals surface area contributed by atoms with E-state index in [2.05, 4.69) is 11.1 Å². The van der Waals surface area contributed by atoms with Crippen LogP contribution in [0.5, 0.6) is 0 Å². The van der Waals surface area contributed by atoms with Crippen LogP contribution in [0.1, 0.15) is 85.3 Å². The summed E-state index contributed by atoms with van der Waals surface area (Å²) in [5.74, 6) is 0.0551. The normalized spacial score (nSPS) is 59.0. The Morgan fingerprint density at radius 3 is 2.48 bits per heavy atom. The van der Waals surface area contributed by atoms with Crippen LogP contribution in [0.25, 0.3) is 0 Å². The number of hydrogen-bond acceptors (Lipinski definition) is 4. The molecule has 0 aromatic rings. The highest BCUT2D eigenvalue weighted by molar-refractivity contribution is 7.80. The zero-order chi connectivity index (χ0) is 24.1. The van der Waals surface area contributed by atoms with Gasteiger partial charge in [0, 0.05) is 11.4 Å². The van der Waals surface area contributed by atoms with Crippen molar-refractivity contribution in [2.24, 2.45) is 40.4 Å². The molecular weight excluding hydrogens is 364 g/mol. The van der Waals surface area contributed by atoms with Crippen LogP contribution in [0.15, 0.2) is 0 Å². The molecule has 0 aromatic heterocycles. The molecule has 4 aliphatic carbocycles. The second-order valence-electron chi connectivity index (χ2n) is 9.64. The van der Waals surface area contributed by atoms with Gasteiger partial charge < -0.3 is 0 Å². The summed E-state index contributed by atoms with van der Waals surface area (Å²) in [6, 6.07) is 0. The van der Waals surface area contributed by atoms with Crippen LogP contribution in [0.4, 0.5) is 0 Å². The minimum absolute atomic E-state index is 0.0190. The first-order chi connectivity index (χ1) is 14.4. The highest BCUT2D eigenvalue weighted by Gasteiger charge is 2.60. The van der Waals surface area contributed by atoms with Gasteiger partial charge in [-0.2, -0.15) is 8.42 Å². The van der Waals surface area contributed by atoms with Crippen molar-refractivity contribution in [3.8, 4) is 0 Å². The molecule has 0 aliphatic heterocycles. The maximum atomic E-state index is 12.3. The van der Waals surface area contributed by atoms with Crippen LogP contribution < -0.4 is 0 Å². The number of hydrogen-bond donors (Lipinski definition) is 1. The Kier molecular flexibility index (Phi) is 3.51. The first-order valence-electron chi connectivity index (χ1n) is 12.6. The van der Waals surface area contributed by atoms with Crippen LogP contribution in [-0.2, 0) is 19.4 Å². The molecule has 1 N–H and O–H groups in total. The highest BCUT2D eigenvalue weighted by atomic mass is 32.3. The molecule has 4 saturated carbocycles. The first kappa shape index (κ1) is 14.5. The second-order valence-corrected chi connectivity index (χ2v) is 10.7. The fourth-order valence-electron chi connectivity index (χ4n) is 7.25. The van der Waals surface area contributed by atoms with E-state index in [4.69, 9.17) is 6.85 Å². The molecule has 0 saturated heterocycles. The van der Waals surface area contributed by atoms with Gasteiger partial charge in [0.25, 0.3) is 0 Å². The summed E-state index contributed by atoms with van der Waals surface area (Å²) in [6.07, 6.45) is -4.12. The number of rotatable bonds is 3. The van der Waals surface area contributed by atoms with E-state index >= 15 is 0 Å². The zero-order valence-electron chi connectivity index (χ0n) is 21.3. The molecule has 0 amide bonds. The molecule has 4 fully saturated rings. The molecule has 4 aliphatic rings. The van der Waals surface area contributed by atoms with Crippen molar-refractivity contribution >= 4 is 16.2 Å². The topological polar surface area (TPSA) is 80.7 Å². The summed E-state index contributed by atoms with van der Waals surface area (Å²) >= 11 is 0.